The molecular formula is C22H24N4O4S. The molecule has 0 unspecified atom stereocenters. The highest BCUT2D eigenvalue weighted by Crippen LogP contribution is 2.29. The van der Waals surface area contributed by atoms with Crippen LogP contribution in [-0.4, -0.2) is 54.7 Å². The zero-order valence-corrected chi connectivity index (χ0v) is 18.3. The predicted octanol–water partition coefficient (Wildman–Crippen LogP) is 3.97. The van der Waals surface area contributed by atoms with E-state index >= 15 is 0 Å². The Bertz CT molecular complexity index is 1080. The Morgan fingerprint density at radius 1 is 1.06 bits per heavy atom. The highest BCUT2D eigenvalue weighted by molar-refractivity contribution is 7.22. The lowest BCUT2D eigenvalue weighted by molar-refractivity contribution is -0.116. The molecule has 1 aliphatic rings. The Morgan fingerprint density at radius 2 is 1.77 bits per heavy atom. The number of aromatic nitrogens is 1. The first-order valence-corrected chi connectivity index (χ1v) is 11.0. The highest BCUT2D eigenvalue weighted by atomic mass is 32.1. The number of carbonyl (C=O) groups is 2. The van der Waals surface area contributed by atoms with E-state index < -0.39 is 0 Å². The summed E-state index contributed by atoms with van der Waals surface area (Å²) in [4.78, 5) is 32.9. The molecule has 1 N–H and O–H groups in total. The molecule has 0 radical (unpaired) electrons. The second-order valence-corrected chi connectivity index (χ2v) is 7.94. The van der Waals surface area contributed by atoms with Gasteiger partial charge in [-0.2, -0.15) is 0 Å². The fourth-order valence-electron chi connectivity index (χ4n) is 3.40. The van der Waals surface area contributed by atoms with Gasteiger partial charge in [0.2, 0.25) is 5.91 Å². The van der Waals surface area contributed by atoms with Gasteiger partial charge < -0.3 is 19.7 Å². The van der Waals surface area contributed by atoms with Gasteiger partial charge in [-0.25, -0.2) is 9.78 Å². The van der Waals surface area contributed by atoms with E-state index in [-0.39, 0.29) is 18.5 Å². The molecule has 1 aromatic heterocycles. The first-order valence-electron chi connectivity index (χ1n) is 10.2. The smallest absolute Gasteiger partial charge is 0.325 e. The number of nitrogens with zero attached hydrogens (tertiary/aromatic N) is 3. The Hall–Kier alpha value is -3.33. The summed E-state index contributed by atoms with van der Waals surface area (Å²) in [6.07, 6.45) is 0. The van der Waals surface area contributed by atoms with E-state index in [2.05, 4.69) is 10.3 Å². The van der Waals surface area contributed by atoms with Crippen LogP contribution in [-0.2, 0) is 4.79 Å². The zero-order valence-electron chi connectivity index (χ0n) is 17.5. The summed E-state index contributed by atoms with van der Waals surface area (Å²) < 4.78 is 11.9. The molecule has 1 fully saturated rings. The third kappa shape index (κ3) is 4.72. The van der Waals surface area contributed by atoms with Crippen LogP contribution in [0.4, 0.5) is 15.6 Å². The number of rotatable bonds is 8. The fraction of sp³-hybridized carbons (Fsp3) is 0.318. The van der Waals surface area contributed by atoms with E-state index in [1.165, 1.54) is 16.2 Å². The standard InChI is InChI=1S/C22H24N4O4S/c1-3-29-16-7-5-15(6-8-16)26-12-11-25(22(26)28)14-20(27)24-21-23-18-10-9-17(30-4-2)13-19(18)31-21/h5-10,13H,3-4,11-12,14H2,1-2H3,(H,23,24,27). The maximum atomic E-state index is 12.8. The molecule has 3 aromatic rings. The van der Waals surface area contributed by atoms with Crippen molar-refractivity contribution in [2.75, 3.05) is 43.1 Å². The number of anilines is 2. The van der Waals surface area contributed by atoms with Crippen LogP contribution in [0.1, 0.15) is 13.8 Å². The molecule has 0 bridgehead atoms. The van der Waals surface area contributed by atoms with Crippen molar-refractivity contribution < 1.29 is 19.1 Å². The van der Waals surface area contributed by atoms with Gasteiger partial charge in [0.05, 0.1) is 23.4 Å². The molecule has 0 aliphatic carbocycles. The van der Waals surface area contributed by atoms with Crippen LogP contribution in [0.15, 0.2) is 42.5 Å². The van der Waals surface area contributed by atoms with E-state index in [1.54, 1.807) is 4.90 Å². The van der Waals surface area contributed by atoms with Gasteiger partial charge in [0.1, 0.15) is 18.0 Å². The van der Waals surface area contributed by atoms with Crippen LogP contribution < -0.4 is 19.7 Å². The molecule has 4 rings (SSSR count). The van der Waals surface area contributed by atoms with E-state index in [0.29, 0.717) is 31.4 Å². The summed E-state index contributed by atoms with van der Waals surface area (Å²) in [6.45, 7) is 6.02. The van der Waals surface area contributed by atoms with Gasteiger partial charge >= 0.3 is 6.03 Å². The van der Waals surface area contributed by atoms with Crippen LogP contribution in [0.2, 0.25) is 0 Å². The van der Waals surface area contributed by atoms with Crippen molar-refractivity contribution in [2.45, 2.75) is 13.8 Å². The second kappa shape index (κ2) is 9.22. The van der Waals surface area contributed by atoms with Crippen LogP contribution in [0.5, 0.6) is 11.5 Å². The molecule has 0 saturated carbocycles. The molecule has 3 amide bonds. The van der Waals surface area contributed by atoms with Gasteiger partial charge in [-0.05, 0) is 56.3 Å². The lowest BCUT2D eigenvalue weighted by atomic mass is 10.3. The molecule has 31 heavy (non-hydrogen) atoms. The van der Waals surface area contributed by atoms with Gasteiger partial charge in [0.15, 0.2) is 5.13 Å². The van der Waals surface area contributed by atoms with Crippen LogP contribution in [0, 0.1) is 0 Å². The number of carbonyl (C=O) groups excluding carboxylic acids is 2. The molecule has 0 spiro atoms. The quantitative estimate of drug-likeness (QED) is 0.573. The summed E-state index contributed by atoms with van der Waals surface area (Å²) in [5, 5.41) is 3.31. The number of benzene rings is 2. The van der Waals surface area contributed by atoms with Crippen molar-refractivity contribution in [1.82, 2.24) is 9.88 Å². The Kier molecular flexibility index (Phi) is 6.22. The SMILES string of the molecule is CCOc1ccc(N2CCN(CC(=O)Nc3nc4ccc(OCC)cc4s3)C2=O)cc1. The molecule has 9 heteroatoms. The van der Waals surface area contributed by atoms with E-state index in [9.17, 15) is 9.59 Å². The summed E-state index contributed by atoms with van der Waals surface area (Å²) >= 11 is 1.38. The number of thiazole rings is 1. The molecule has 0 atom stereocenters. The minimum absolute atomic E-state index is 0.0213. The van der Waals surface area contributed by atoms with Crippen molar-refractivity contribution in [3.63, 3.8) is 0 Å². The second-order valence-electron chi connectivity index (χ2n) is 6.91. The van der Waals surface area contributed by atoms with E-state index in [0.717, 1.165) is 27.4 Å². The summed E-state index contributed by atoms with van der Waals surface area (Å²) in [5.41, 5.74) is 1.58. The Labute approximate surface area is 184 Å². The molecule has 1 aliphatic heterocycles. The normalized spacial score (nSPS) is 13.7. The number of ether oxygens (including phenoxy) is 2. The maximum Gasteiger partial charge on any atom is 0.325 e. The number of amides is 3. The Morgan fingerprint density at radius 3 is 2.52 bits per heavy atom. The average molecular weight is 441 g/mol. The van der Waals surface area contributed by atoms with Gasteiger partial charge in [-0.1, -0.05) is 11.3 Å². The molecule has 8 nitrogen and oxygen atoms in total. The summed E-state index contributed by atoms with van der Waals surface area (Å²) in [7, 11) is 0. The minimum atomic E-state index is -0.272. The van der Waals surface area contributed by atoms with Gasteiger partial charge in [-0.15, -0.1) is 0 Å². The molecule has 2 aromatic carbocycles. The van der Waals surface area contributed by atoms with Gasteiger partial charge in [0, 0.05) is 18.8 Å². The van der Waals surface area contributed by atoms with Crippen LogP contribution in [0.25, 0.3) is 10.2 Å². The van der Waals surface area contributed by atoms with Crippen molar-refractivity contribution in [1.29, 1.82) is 0 Å². The van der Waals surface area contributed by atoms with Gasteiger partial charge in [-0.3, -0.25) is 9.69 Å². The summed E-state index contributed by atoms with van der Waals surface area (Å²) in [6, 6.07) is 12.8. The first-order chi connectivity index (χ1) is 15.1. The van der Waals surface area contributed by atoms with Crippen molar-refractivity contribution in [2.24, 2.45) is 0 Å². The van der Waals surface area contributed by atoms with Crippen molar-refractivity contribution >= 4 is 44.3 Å². The monoisotopic (exact) mass is 440 g/mol. The largest absolute Gasteiger partial charge is 0.494 e. The number of hydrogen-bond donors (Lipinski definition) is 1. The highest BCUT2D eigenvalue weighted by Gasteiger charge is 2.31. The van der Waals surface area contributed by atoms with Crippen LogP contribution >= 0.6 is 11.3 Å². The number of nitrogens with one attached hydrogen (secondary N) is 1. The van der Waals surface area contributed by atoms with Crippen molar-refractivity contribution in [3.8, 4) is 11.5 Å². The van der Waals surface area contributed by atoms with Crippen LogP contribution in [0.3, 0.4) is 0 Å². The summed E-state index contributed by atoms with van der Waals surface area (Å²) in [5.74, 6) is 1.26. The topological polar surface area (TPSA) is 84.0 Å². The average Bonchev–Trinajstić information content (AvgIpc) is 3.31. The Balaban J connectivity index is 1.36. The molecule has 162 valence electrons. The lowest BCUT2D eigenvalue weighted by Gasteiger charge is -2.18. The van der Waals surface area contributed by atoms with E-state index in [4.69, 9.17) is 9.47 Å². The first kappa shape index (κ1) is 20.9. The third-order valence-corrected chi connectivity index (χ3v) is 5.74. The predicted molar refractivity (Wildman–Crippen MR) is 121 cm³/mol. The number of fused-ring (bicyclic) bond motifs is 1. The minimum Gasteiger partial charge on any atom is -0.494 e. The van der Waals surface area contributed by atoms with Crippen molar-refractivity contribution in [3.05, 3.63) is 42.5 Å². The third-order valence-electron chi connectivity index (χ3n) is 4.81. The zero-order chi connectivity index (χ0) is 21.8. The number of hydrogen-bond acceptors (Lipinski definition) is 6. The molecule has 1 saturated heterocycles. The lowest BCUT2D eigenvalue weighted by Crippen LogP contribution is -2.37. The maximum absolute atomic E-state index is 12.8. The van der Waals surface area contributed by atoms with E-state index in [1.807, 2.05) is 56.3 Å². The molecular weight excluding hydrogens is 416 g/mol. The van der Waals surface area contributed by atoms with Gasteiger partial charge in [0.25, 0.3) is 0 Å². The molecule has 2 heterocycles. The fourth-order valence-corrected chi connectivity index (χ4v) is 4.32. The number of urea groups is 1.